The van der Waals surface area contributed by atoms with E-state index < -0.39 is 32.4 Å². The number of carbonyl (C=O) groups is 2. The fraction of sp³-hybridized carbons (Fsp3) is 0.0588. The highest BCUT2D eigenvalue weighted by Crippen LogP contribution is 2.41. The van der Waals surface area contributed by atoms with E-state index in [9.17, 15) is 29.8 Å². The van der Waals surface area contributed by atoms with Crippen molar-refractivity contribution in [2.75, 3.05) is 7.11 Å². The van der Waals surface area contributed by atoms with E-state index in [4.69, 9.17) is 9.47 Å². The molecule has 1 saturated heterocycles. The quantitative estimate of drug-likeness (QED) is 0.422. The van der Waals surface area contributed by atoms with Gasteiger partial charge in [0.2, 0.25) is 5.75 Å². The number of nitro groups is 2. The van der Waals surface area contributed by atoms with Crippen LogP contribution in [-0.2, 0) is 4.79 Å². The van der Waals surface area contributed by atoms with Gasteiger partial charge in [-0.25, -0.2) is 0 Å². The van der Waals surface area contributed by atoms with Gasteiger partial charge in [0.05, 0.1) is 27.9 Å². The van der Waals surface area contributed by atoms with E-state index in [-0.39, 0.29) is 22.2 Å². The van der Waals surface area contributed by atoms with Crippen LogP contribution in [0.15, 0.2) is 41.3 Å². The number of imide groups is 1. The highest BCUT2D eigenvalue weighted by molar-refractivity contribution is 8.18. The predicted molar refractivity (Wildman–Crippen MR) is 102 cm³/mol. The Hall–Kier alpha value is -3.93. The van der Waals surface area contributed by atoms with Crippen molar-refractivity contribution in [3.05, 3.63) is 67.1 Å². The van der Waals surface area contributed by atoms with Crippen molar-refractivity contribution in [2.45, 2.75) is 0 Å². The number of hydrogen-bond donors (Lipinski definition) is 1. The second-order valence-electron chi connectivity index (χ2n) is 5.50. The number of hydrogen-bond acceptors (Lipinski definition) is 9. The highest BCUT2D eigenvalue weighted by atomic mass is 32.2. The van der Waals surface area contributed by atoms with Crippen LogP contribution in [0.2, 0.25) is 0 Å². The summed E-state index contributed by atoms with van der Waals surface area (Å²) >= 11 is 0.692. The van der Waals surface area contributed by atoms with Crippen molar-refractivity contribution < 1.29 is 28.9 Å². The van der Waals surface area contributed by atoms with E-state index in [0.29, 0.717) is 17.3 Å². The second-order valence-corrected chi connectivity index (χ2v) is 6.51. The van der Waals surface area contributed by atoms with Crippen molar-refractivity contribution in [3.63, 3.8) is 0 Å². The molecule has 1 heterocycles. The zero-order valence-corrected chi connectivity index (χ0v) is 15.4. The number of para-hydroxylation sites is 1. The molecule has 0 radical (unpaired) electrons. The van der Waals surface area contributed by atoms with E-state index in [0.717, 1.165) is 18.2 Å². The van der Waals surface area contributed by atoms with Gasteiger partial charge in [0, 0.05) is 11.6 Å². The third-order valence-electron chi connectivity index (χ3n) is 3.72. The summed E-state index contributed by atoms with van der Waals surface area (Å²) in [7, 11) is 1.35. The van der Waals surface area contributed by atoms with Crippen molar-refractivity contribution in [2.24, 2.45) is 0 Å². The lowest BCUT2D eigenvalue weighted by Crippen LogP contribution is -2.17. The normalized spacial score (nSPS) is 14.6. The maximum absolute atomic E-state index is 11.8. The molecule has 2 amide bonds. The molecule has 0 spiro atoms. The molecule has 0 bridgehead atoms. The fourth-order valence-electron chi connectivity index (χ4n) is 2.44. The molecule has 11 nitrogen and oxygen atoms in total. The van der Waals surface area contributed by atoms with E-state index >= 15 is 0 Å². The Balaban J connectivity index is 2.09. The van der Waals surface area contributed by atoms with E-state index in [1.54, 1.807) is 12.1 Å². The average molecular weight is 417 g/mol. The van der Waals surface area contributed by atoms with Crippen molar-refractivity contribution in [3.8, 4) is 17.2 Å². The van der Waals surface area contributed by atoms with Gasteiger partial charge in [0.25, 0.3) is 16.8 Å². The SMILES string of the molecule is COc1cccc(/C=C2\SC(=O)NC2=O)c1Oc1ccc([N+](=O)[O-])cc1[N+](=O)[O-]. The monoisotopic (exact) mass is 417 g/mol. The van der Waals surface area contributed by atoms with Gasteiger partial charge in [-0.15, -0.1) is 0 Å². The Morgan fingerprint density at radius 2 is 1.83 bits per heavy atom. The molecule has 12 heteroatoms. The first kappa shape index (κ1) is 19.8. The Morgan fingerprint density at radius 1 is 1.07 bits per heavy atom. The minimum absolute atomic E-state index is 0.0344. The number of benzene rings is 2. The molecule has 148 valence electrons. The Kier molecular flexibility index (Phi) is 5.45. The Labute approximate surface area is 166 Å². The number of amides is 2. The van der Waals surface area contributed by atoms with Crippen LogP contribution >= 0.6 is 11.8 Å². The van der Waals surface area contributed by atoms with Crippen LogP contribution in [-0.4, -0.2) is 28.1 Å². The van der Waals surface area contributed by atoms with E-state index in [1.807, 2.05) is 0 Å². The molecule has 0 aliphatic carbocycles. The fourth-order valence-corrected chi connectivity index (χ4v) is 3.11. The van der Waals surface area contributed by atoms with Crippen LogP contribution in [0.1, 0.15) is 5.56 Å². The molecule has 29 heavy (non-hydrogen) atoms. The first-order valence-electron chi connectivity index (χ1n) is 7.82. The summed E-state index contributed by atoms with van der Waals surface area (Å²) in [4.78, 5) is 44.0. The molecule has 1 aliphatic heterocycles. The third-order valence-corrected chi connectivity index (χ3v) is 4.53. The third kappa shape index (κ3) is 4.16. The van der Waals surface area contributed by atoms with Crippen molar-refractivity contribution >= 4 is 40.4 Å². The van der Waals surface area contributed by atoms with Gasteiger partial charge in [-0.3, -0.25) is 35.1 Å². The largest absolute Gasteiger partial charge is 0.493 e. The molecule has 0 saturated carbocycles. The number of methoxy groups -OCH3 is 1. The van der Waals surface area contributed by atoms with E-state index in [1.165, 1.54) is 19.3 Å². The van der Waals surface area contributed by atoms with Gasteiger partial charge in [0.1, 0.15) is 0 Å². The van der Waals surface area contributed by atoms with Crippen LogP contribution in [0, 0.1) is 20.2 Å². The molecule has 0 atom stereocenters. The molecule has 0 aromatic heterocycles. The van der Waals surface area contributed by atoms with Crippen molar-refractivity contribution in [1.29, 1.82) is 0 Å². The number of nitrogens with zero attached hydrogens (tertiary/aromatic N) is 2. The molecular weight excluding hydrogens is 406 g/mol. The number of non-ortho nitro benzene ring substituents is 1. The molecule has 1 fully saturated rings. The van der Waals surface area contributed by atoms with Crippen LogP contribution in [0.3, 0.4) is 0 Å². The Bertz CT molecular complexity index is 1080. The lowest BCUT2D eigenvalue weighted by atomic mass is 10.1. The van der Waals surface area contributed by atoms with Gasteiger partial charge < -0.3 is 9.47 Å². The minimum atomic E-state index is -0.811. The number of nitrogens with one attached hydrogen (secondary N) is 1. The summed E-state index contributed by atoms with van der Waals surface area (Å²) in [6.45, 7) is 0. The summed E-state index contributed by atoms with van der Waals surface area (Å²) in [6.07, 6.45) is 1.37. The minimum Gasteiger partial charge on any atom is -0.493 e. The second kappa shape index (κ2) is 7.98. The summed E-state index contributed by atoms with van der Waals surface area (Å²) in [6, 6.07) is 7.62. The predicted octanol–water partition coefficient (Wildman–Crippen LogP) is 3.63. The molecule has 1 aliphatic rings. The number of carbonyl (C=O) groups excluding carboxylic acids is 2. The first-order chi connectivity index (χ1) is 13.8. The van der Waals surface area contributed by atoms with Gasteiger partial charge in [-0.1, -0.05) is 12.1 Å². The first-order valence-corrected chi connectivity index (χ1v) is 8.64. The molecular formula is C17H11N3O8S. The number of thioether (sulfide) groups is 1. The van der Waals surface area contributed by atoms with Crippen LogP contribution in [0.25, 0.3) is 6.08 Å². The number of ether oxygens (including phenoxy) is 2. The van der Waals surface area contributed by atoms with Crippen LogP contribution in [0.5, 0.6) is 17.2 Å². The molecule has 1 N–H and O–H groups in total. The number of nitro benzene ring substituents is 2. The molecule has 2 aromatic carbocycles. The van der Waals surface area contributed by atoms with E-state index in [2.05, 4.69) is 5.32 Å². The highest BCUT2D eigenvalue weighted by Gasteiger charge is 2.27. The maximum atomic E-state index is 11.8. The standard InChI is InChI=1S/C17H11N3O8S/c1-27-13-4-2-3-9(7-14-16(21)18-17(22)29-14)15(13)28-12-6-5-10(19(23)24)8-11(12)20(25)26/h2-8H,1H3,(H,18,21,22)/b14-7-. The lowest BCUT2D eigenvalue weighted by molar-refractivity contribution is -0.394. The summed E-state index contributed by atoms with van der Waals surface area (Å²) in [5.74, 6) is -0.617. The molecule has 0 unspecified atom stereocenters. The van der Waals surface area contributed by atoms with Crippen LogP contribution < -0.4 is 14.8 Å². The topological polar surface area (TPSA) is 151 Å². The van der Waals surface area contributed by atoms with Gasteiger partial charge in [0.15, 0.2) is 11.5 Å². The smallest absolute Gasteiger partial charge is 0.318 e. The van der Waals surface area contributed by atoms with Crippen LogP contribution in [0.4, 0.5) is 16.2 Å². The summed E-state index contributed by atoms with van der Waals surface area (Å²) in [5.41, 5.74) is -0.778. The average Bonchev–Trinajstić information content (AvgIpc) is 2.99. The zero-order valence-electron chi connectivity index (χ0n) is 14.6. The molecule has 3 rings (SSSR count). The van der Waals surface area contributed by atoms with Gasteiger partial charge >= 0.3 is 5.69 Å². The lowest BCUT2D eigenvalue weighted by Gasteiger charge is -2.13. The zero-order chi connectivity index (χ0) is 21.1. The van der Waals surface area contributed by atoms with Crippen molar-refractivity contribution in [1.82, 2.24) is 5.32 Å². The van der Waals surface area contributed by atoms with Gasteiger partial charge in [-0.2, -0.15) is 0 Å². The maximum Gasteiger partial charge on any atom is 0.318 e. The summed E-state index contributed by atoms with van der Waals surface area (Å²) in [5, 5.41) is 23.8. The number of rotatable bonds is 6. The van der Waals surface area contributed by atoms with Gasteiger partial charge in [-0.05, 0) is 30.0 Å². The summed E-state index contributed by atoms with van der Waals surface area (Å²) < 4.78 is 10.9. The Morgan fingerprint density at radius 3 is 2.41 bits per heavy atom. The molecule has 2 aromatic rings.